The van der Waals surface area contributed by atoms with E-state index in [2.05, 4.69) is 10.6 Å². The normalized spacial score (nSPS) is 11.0. The summed E-state index contributed by atoms with van der Waals surface area (Å²) in [6, 6.07) is 3.87. The van der Waals surface area contributed by atoms with E-state index in [1.165, 1.54) is 19.2 Å². The first-order chi connectivity index (χ1) is 9.83. The molecule has 0 aliphatic heterocycles. The molecule has 21 heavy (non-hydrogen) atoms. The van der Waals surface area contributed by atoms with Gasteiger partial charge in [0.05, 0.1) is 11.5 Å². The number of likely N-dealkylation sites (N-methyl/N-ethyl adjacent to an activating group) is 1. The minimum absolute atomic E-state index is 0.0703. The van der Waals surface area contributed by atoms with Gasteiger partial charge in [-0.3, -0.25) is 14.9 Å². The van der Waals surface area contributed by atoms with Gasteiger partial charge in [0.25, 0.3) is 0 Å². The lowest BCUT2D eigenvalue weighted by Gasteiger charge is -2.09. The van der Waals surface area contributed by atoms with Crippen molar-refractivity contribution in [3.8, 4) is 0 Å². The van der Waals surface area contributed by atoms with Crippen molar-refractivity contribution in [2.45, 2.75) is 11.8 Å². The second-order valence-corrected chi connectivity index (χ2v) is 5.67. The number of nitro groups is 1. The molecule has 3 N–H and O–H groups in total. The molecule has 0 saturated carbocycles. The summed E-state index contributed by atoms with van der Waals surface area (Å²) in [5, 5.41) is 16.1. The molecule has 9 nitrogen and oxygen atoms in total. The molecular weight excluding hydrogens is 300 g/mol. The minimum atomic E-state index is -4.17. The molecule has 0 aliphatic rings. The van der Waals surface area contributed by atoms with Gasteiger partial charge in [-0.15, -0.1) is 0 Å². The highest BCUT2D eigenvalue weighted by Crippen LogP contribution is 2.31. The van der Waals surface area contributed by atoms with Crippen LogP contribution in [-0.2, 0) is 14.8 Å². The molecule has 10 heteroatoms. The van der Waals surface area contributed by atoms with E-state index in [0.29, 0.717) is 6.54 Å². The summed E-state index contributed by atoms with van der Waals surface area (Å²) in [5.74, 6) is -0.520. The number of carbonyl (C=O) groups is 1. The van der Waals surface area contributed by atoms with Crippen LogP contribution in [-0.4, -0.2) is 39.4 Å². The van der Waals surface area contributed by atoms with E-state index >= 15 is 0 Å². The summed E-state index contributed by atoms with van der Waals surface area (Å²) >= 11 is 0. The molecule has 0 unspecified atom stereocenters. The van der Waals surface area contributed by atoms with E-state index < -0.39 is 38.0 Å². The van der Waals surface area contributed by atoms with E-state index in [9.17, 15) is 23.3 Å². The van der Waals surface area contributed by atoms with Crippen molar-refractivity contribution in [1.82, 2.24) is 10.0 Å². The van der Waals surface area contributed by atoms with Crippen molar-refractivity contribution in [1.29, 1.82) is 0 Å². The first kappa shape index (κ1) is 16.9. The van der Waals surface area contributed by atoms with Crippen LogP contribution in [0.3, 0.4) is 0 Å². The van der Waals surface area contributed by atoms with Gasteiger partial charge < -0.3 is 10.6 Å². The number of hydrogen-bond acceptors (Lipinski definition) is 6. The van der Waals surface area contributed by atoms with E-state index in [1.54, 1.807) is 6.92 Å². The first-order valence-corrected chi connectivity index (χ1v) is 7.53. The number of anilines is 1. The molecule has 116 valence electrons. The summed E-state index contributed by atoms with van der Waals surface area (Å²) < 4.78 is 26.3. The maximum atomic E-state index is 12.1. The average molecular weight is 316 g/mol. The second-order valence-electron chi connectivity index (χ2n) is 3.94. The van der Waals surface area contributed by atoms with Crippen LogP contribution in [0.4, 0.5) is 11.4 Å². The maximum Gasteiger partial charge on any atom is 0.312 e. The number of amides is 1. The molecule has 1 amide bonds. The highest BCUT2D eigenvalue weighted by molar-refractivity contribution is 7.89. The van der Waals surface area contributed by atoms with Gasteiger partial charge in [0.2, 0.25) is 15.9 Å². The van der Waals surface area contributed by atoms with Crippen LogP contribution < -0.4 is 15.4 Å². The Morgan fingerprint density at radius 1 is 1.38 bits per heavy atom. The molecule has 1 aromatic rings. The molecular formula is C11H16N4O5S. The third kappa shape index (κ3) is 4.13. The number of sulfonamides is 1. The average Bonchev–Trinajstić information content (AvgIpc) is 2.44. The number of para-hydroxylation sites is 1. The van der Waals surface area contributed by atoms with Crippen molar-refractivity contribution in [2.75, 3.05) is 25.5 Å². The summed E-state index contributed by atoms with van der Waals surface area (Å²) in [5.41, 5.74) is -0.496. The zero-order valence-corrected chi connectivity index (χ0v) is 12.4. The third-order valence-electron chi connectivity index (χ3n) is 2.54. The lowest BCUT2D eigenvalue weighted by molar-refractivity contribution is -0.386. The Balaban J connectivity index is 3.14. The predicted octanol–water partition coefficient (Wildman–Crippen LogP) is 0.0509. The lowest BCUT2D eigenvalue weighted by Crippen LogP contribution is -2.36. The van der Waals surface area contributed by atoms with Gasteiger partial charge in [-0.2, -0.15) is 0 Å². The van der Waals surface area contributed by atoms with Crippen LogP contribution in [0, 0.1) is 10.1 Å². The molecule has 0 aromatic heterocycles. The smallest absolute Gasteiger partial charge is 0.312 e. The Morgan fingerprint density at radius 3 is 2.57 bits per heavy atom. The SMILES string of the molecule is CCNC(=O)CNS(=O)(=O)c1cccc(NC)c1[N+](=O)[O-]. The molecule has 0 saturated heterocycles. The number of rotatable bonds is 7. The lowest BCUT2D eigenvalue weighted by atomic mass is 10.3. The summed E-state index contributed by atoms with van der Waals surface area (Å²) in [4.78, 5) is 21.1. The molecule has 0 spiro atoms. The van der Waals surface area contributed by atoms with Crippen molar-refractivity contribution in [3.63, 3.8) is 0 Å². The quantitative estimate of drug-likeness (QED) is 0.481. The van der Waals surface area contributed by atoms with Crippen molar-refractivity contribution in [3.05, 3.63) is 28.3 Å². The molecule has 0 heterocycles. The van der Waals surface area contributed by atoms with Crippen molar-refractivity contribution >= 4 is 27.3 Å². The fraction of sp³-hybridized carbons (Fsp3) is 0.364. The standard InChI is InChI=1S/C11H16N4O5S/c1-3-13-10(16)7-14-21(19,20)9-6-4-5-8(12-2)11(9)15(17)18/h4-6,12,14H,3,7H2,1-2H3,(H,13,16). The van der Waals surface area contributed by atoms with Gasteiger partial charge in [-0.25, -0.2) is 13.1 Å². The molecule has 1 aromatic carbocycles. The van der Waals surface area contributed by atoms with E-state index in [1.807, 2.05) is 4.72 Å². The van der Waals surface area contributed by atoms with Crippen LogP contribution >= 0.6 is 0 Å². The highest BCUT2D eigenvalue weighted by atomic mass is 32.2. The largest absolute Gasteiger partial charge is 0.383 e. The molecule has 0 radical (unpaired) electrons. The highest BCUT2D eigenvalue weighted by Gasteiger charge is 2.28. The van der Waals surface area contributed by atoms with Crippen LogP contribution in [0.1, 0.15) is 6.92 Å². The van der Waals surface area contributed by atoms with Gasteiger partial charge in [-0.05, 0) is 19.1 Å². The van der Waals surface area contributed by atoms with Crippen molar-refractivity contribution in [2.24, 2.45) is 0 Å². The van der Waals surface area contributed by atoms with Crippen molar-refractivity contribution < 1.29 is 18.1 Å². The van der Waals surface area contributed by atoms with Gasteiger partial charge in [0.1, 0.15) is 5.69 Å². The molecule has 0 bridgehead atoms. The third-order valence-corrected chi connectivity index (χ3v) is 3.97. The summed E-state index contributed by atoms with van der Waals surface area (Å²) in [6.45, 7) is 1.56. The van der Waals surface area contributed by atoms with Gasteiger partial charge >= 0.3 is 5.69 Å². The van der Waals surface area contributed by atoms with Crippen LogP contribution in [0.25, 0.3) is 0 Å². The molecule has 0 aliphatic carbocycles. The number of hydrogen-bond donors (Lipinski definition) is 3. The zero-order chi connectivity index (χ0) is 16.0. The Morgan fingerprint density at radius 2 is 2.05 bits per heavy atom. The number of nitrogens with one attached hydrogen (secondary N) is 3. The van der Waals surface area contributed by atoms with Gasteiger partial charge in [-0.1, -0.05) is 6.07 Å². The topological polar surface area (TPSA) is 130 Å². The van der Waals surface area contributed by atoms with Crippen LogP contribution in [0.5, 0.6) is 0 Å². The fourth-order valence-corrected chi connectivity index (χ4v) is 2.80. The van der Waals surface area contributed by atoms with Crippen LogP contribution in [0.2, 0.25) is 0 Å². The van der Waals surface area contributed by atoms with E-state index in [-0.39, 0.29) is 5.69 Å². The van der Waals surface area contributed by atoms with Crippen LogP contribution in [0.15, 0.2) is 23.1 Å². The van der Waals surface area contributed by atoms with E-state index in [0.717, 1.165) is 6.07 Å². The monoisotopic (exact) mass is 316 g/mol. The van der Waals surface area contributed by atoms with Gasteiger partial charge in [0, 0.05) is 13.6 Å². The molecule has 1 rings (SSSR count). The Labute approximate surface area is 121 Å². The van der Waals surface area contributed by atoms with Gasteiger partial charge in [0.15, 0.2) is 4.90 Å². The zero-order valence-electron chi connectivity index (χ0n) is 11.5. The number of carbonyl (C=O) groups excluding carboxylic acids is 1. The Kier molecular flexibility index (Phi) is 5.61. The molecule has 0 fully saturated rings. The predicted molar refractivity (Wildman–Crippen MR) is 76.5 cm³/mol. The minimum Gasteiger partial charge on any atom is -0.383 e. The van der Waals surface area contributed by atoms with E-state index in [4.69, 9.17) is 0 Å². The first-order valence-electron chi connectivity index (χ1n) is 6.05. The number of nitrogens with zero attached hydrogens (tertiary/aromatic N) is 1. The fourth-order valence-electron chi connectivity index (χ4n) is 1.63. The maximum absolute atomic E-state index is 12.1. The number of nitro benzene ring substituents is 1. The summed E-state index contributed by atoms with van der Waals surface area (Å²) in [7, 11) is -2.73. The number of benzene rings is 1. The Bertz CT molecular complexity index is 644. The molecule has 0 atom stereocenters. The summed E-state index contributed by atoms with van der Waals surface area (Å²) in [6.07, 6.45) is 0. The Hall–Kier alpha value is -2.20. The second kappa shape index (κ2) is 6.99.